The number of ketones is 1. The summed E-state index contributed by atoms with van der Waals surface area (Å²) < 4.78 is 20.7. The highest BCUT2D eigenvalue weighted by molar-refractivity contribution is 6.08. The monoisotopic (exact) mass is 377 g/mol. The topological polar surface area (TPSA) is 83.3 Å². The largest absolute Gasteiger partial charge is 0.478 e. The van der Waals surface area contributed by atoms with Crippen LogP contribution in [0.5, 0.6) is 0 Å². The number of aromatic nitrogens is 1. The average molecular weight is 377 g/mol. The minimum atomic E-state index is -1.06. The zero-order valence-corrected chi connectivity index (χ0v) is 15.2. The third-order valence-electron chi connectivity index (χ3n) is 4.76. The summed E-state index contributed by atoms with van der Waals surface area (Å²) in [7, 11) is 0. The number of hydrogen-bond donors (Lipinski definition) is 2. The van der Waals surface area contributed by atoms with Crippen LogP contribution >= 0.6 is 0 Å². The van der Waals surface area contributed by atoms with Crippen molar-refractivity contribution in [3.8, 4) is 11.5 Å². The van der Waals surface area contributed by atoms with Gasteiger partial charge in [-0.05, 0) is 49.2 Å². The Morgan fingerprint density at radius 1 is 0.929 bits per heavy atom. The first kappa shape index (κ1) is 17.7. The van der Waals surface area contributed by atoms with Crippen molar-refractivity contribution in [2.24, 2.45) is 0 Å². The van der Waals surface area contributed by atoms with Gasteiger partial charge >= 0.3 is 5.97 Å². The number of halogens is 1. The summed E-state index contributed by atoms with van der Waals surface area (Å²) in [6.45, 7) is 3.66. The second kappa shape index (κ2) is 6.49. The van der Waals surface area contributed by atoms with Gasteiger partial charge in [0.1, 0.15) is 5.58 Å². The lowest BCUT2D eigenvalue weighted by molar-refractivity contribution is 0.0696. The molecule has 6 heteroatoms. The second-order valence-corrected chi connectivity index (χ2v) is 6.65. The van der Waals surface area contributed by atoms with E-state index in [1.54, 1.807) is 12.1 Å². The van der Waals surface area contributed by atoms with Crippen molar-refractivity contribution in [1.29, 1.82) is 0 Å². The normalized spacial score (nSPS) is 11.1. The van der Waals surface area contributed by atoms with Crippen LogP contribution in [-0.4, -0.2) is 21.8 Å². The van der Waals surface area contributed by atoms with Crippen molar-refractivity contribution in [3.05, 3.63) is 82.3 Å². The fraction of sp³-hybridized carbons (Fsp3) is 0.0909. The Kier molecular flexibility index (Phi) is 4.11. The number of carboxylic acids is 1. The van der Waals surface area contributed by atoms with Gasteiger partial charge in [-0.2, -0.15) is 0 Å². The quantitative estimate of drug-likeness (QED) is 0.484. The fourth-order valence-corrected chi connectivity index (χ4v) is 3.20. The molecule has 0 aliphatic carbocycles. The minimum Gasteiger partial charge on any atom is -0.478 e. The highest BCUT2D eigenvalue weighted by Gasteiger charge is 2.21. The molecule has 140 valence electrons. The van der Waals surface area contributed by atoms with Crippen LogP contribution in [0.2, 0.25) is 0 Å². The van der Waals surface area contributed by atoms with Crippen molar-refractivity contribution in [1.82, 2.24) is 4.98 Å². The number of benzene rings is 2. The van der Waals surface area contributed by atoms with Gasteiger partial charge < -0.3 is 14.5 Å². The molecule has 0 saturated heterocycles. The lowest BCUT2D eigenvalue weighted by Crippen LogP contribution is -2.03. The van der Waals surface area contributed by atoms with Crippen molar-refractivity contribution >= 4 is 22.7 Å². The van der Waals surface area contributed by atoms with Crippen LogP contribution in [0.25, 0.3) is 22.4 Å². The highest BCUT2D eigenvalue weighted by atomic mass is 19.1. The maximum Gasteiger partial charge on any atom is 0.335 e. The number of carbonyl (C=O) groups is 2. The number of rotatable bonds is 4. The first-order valence-corrected chi connectivity index (χ1v) is 8.62. The molecule has 2 aromatic carbocycles. The number of aryl methyl sites for hydroxylation is 2. The molecule has 2 N–H and O–H groups in total. The zero-order chi connectivity index (χ0) is 20.0. The Bertz CT molecular complexity index is 1230. The zero-order valence-electron chi connectivity index (χ0n) is 15.2. The van der Waals surface area contributed by atoms with Gasteiger partial charge in [0.25, 0.3) is 0 Å². The molecular weight excluding hydrogens is 361 g/mol. The smallest absolute Gasteiger partial charge is 0.335 e. The average Bonchev–Trinajstić information content (AvgIpc) is 3.30. The van der Waals surface area contributed by atoms with Crippen LogP contribution in [-0.2, 0) is 0 Å². The molecule has 0 bridgehead atoms. The Morgan fingerprint density at radius 3 is 2.21 bits per heavy atom. The molecule has 28 heavy (non-hydrogen) atoms. The standard InChI is InChI=1S/C22H16FNO4/c1-11-3-4-12(2)20-17(11)18(23)21(28-20)16-10-9-15(24-16)19(25)13-5-7-14(8-6-13)22(26)27/h3-10,24H,1-2H3,(H,26,27). The molecule has 4 rings (SSSR count). The number of carbonyl (C=O) groups excluding carboxylic acids is 1. The fourth-order valence-electron chi connectivity index (χ4n) is 3.20. The third-order valence-corrected chi connectivity index (χ3v) is 4.76. The van der Waals surface area contributed by atoms with E-state index in [0.717, 1.165) is 11.1 Å². The van der Waals surface area contributed by atoms with Gasteiger partial charge in [-0.15, -0.1) is 0 Å². The number of nitrogens with one attached hydrogen (secondary N) is 1. The molecule has 2 heterocycles. The summed E-state index contributed by atoms with van der Waals surface area (Å²) in [4.78, 5) is 26.5. The molecule has 0 atom stereocenters. The van der Waals surface area contributed by atoms with E-state index in [-0.39, 0.29) is 22.8 Å². The molecule has 0 spiro atoms. The first-order chi connectivity index (χ1) is 13.4. The van der Waals surface area contributed by atoms with Gasteiger partial charge in [0.15, 0.2) is 11.6 Å². The van der Waals surface area contributed by atoms with Crippen LogP contribution in [0.15, 0.2) is 52.9 Å². The minimum absolute atomic E-state index is 0.0488. The molecule has 0 aliphatic heterocycles. The van der Waals surface area contributed by atoms with E-state index in [1.165, 1.54) is 24.3 Å². The predicted octanol–water partition coefficient (Wildman–Crippen LogP) is 5.11. The van der Waals surface area contributed by atoms with Gasteiger partial charge in [0, 0.05) is 5.56 Å². The number of H-pyrrole nitrogens is 1. The van der Waals surface area contributed by atoms with Crippen LogP contribution in [0.4, 0.5) is 4.39 Å². The molecule has 0 radical (unpaired) electrons. The summed E-state index contributed by atoms with van der Waals surface area (Å²) in [5.74, 6) is -1.81. The van der Waals surface area contributed by atoms with Gasteiger partial charge in [0.2, 0.25) is 5.78 Å². The summed E-state index contributed by atoms with van der Waals surface area (Å²) >= 11 is 0. The van der Waals surface area contributed by atoms with Crippen molar-refractivity contribution in [2.75, 3.05) is 0 Å². The van der Waals surface area contributed by atoms with Crippen molar-refractivity contribution in [2.45, 2.75) is 13.8 Å². The summed E-state index contributed by atoms with van der Waals surface area (Å²) in [5.41, 5.74) is 3.12. The second-order valence-electron chi connectivity index (χ2n) is 6.65. The van der Waals surface area contributed by atoms with Gasteiger partial charge in [-0.25, -0.2) is 9.18 Å². The van der Waals surface area contributed by atoms with Gasteiger partial charge in [-0.1, -0.05) is 24.3 Å². The molecule has 0 amide bonds. The van der Waals surface area contributed by atoms with E-state index in [9.17, 15) is 14.0 Å². The molecule has 5 nitrogen and oxygen atoms in total. The maximum absolute atomic E-state index is 15.0. The number of aromatic carboxylic acids is 1. The molecule has 0 aliphatic rings. The molecule has 0 saturated carbocycles. The van der Waals surface area contributed by atoms with Gasteiger partial charge in [0.05, 0.1) is 22.3 Å². The number of aromatic amines is 1. The maximum atomic E-state index is 15.0. The van der Waals surface area contributed by atoms with Gasteiger partial charge in [-0.3, -0.25) is 4.79 Å². The van der Waals surface area contributed by atoms with E-state index in [2.05, 4.69) is 4.98 Å². The van der Waals surface area contributed by atoms with Crippen LogP contribution < -0.4 is 0 Å². The van der Waals surface area contributed by atoms with E-state index < -0.39 is 11.8 Å². The number of hydrogen-bond acceptors (Lipinski definition) is 3. The van der Waals surface area contributed by atoms with E-state index in [0.29, 0.717) is 22.2 Å². The molecule has 0 unspecified atom stereocenters. The Morgan fingerprint density at radius 2 is 1.57 bits per heavy atom. The van der Waals surface area contributed by atoms with E-state index in [4.69, 9.17) is 9.52 Å². The number of furan rings is 1. The van der Waals surface area contributed by atoms with E-state index >= 15 is 0 Å². The Labute approximate surface area is 159 Å². The highest BCUT2D eigenvalue weighted by Crippen LogP contribution is 2.35. The van der Waals surface area contributed by atoms with Crippen LogP contribution in [0, 0.1) is 19.7 Å². The van der Waals surface area contributed by atoms with Crippen LogP contribution in [0.1, 0.15) is 37.5 Å². The van der Waals surface area contributed by atoms with Crippen molar-refractivity contribution in [3.63, 3.8) is 0 Å². The van der Waals surface area contributed by atoms with E-state index in [1.807, 2.05) is 26.0 Å². The summed E-state index contributed by atoms with van der Waals surface area (Å²) in [5, 5.41) is 9.38. The summed E-state index contributed by atoms with van der Waals surface area (Å²) in [6.07, 6.45) is 0. The SMILES string of the molecule is Cc1ccc(C)c2c(F)c(-c3ccc(C(=O)c4ccc(C(=O)O)cc4)[nH]3)oc12. The molecule has 2 aromatic heterocycles. The Hall–Kier alpha value is -3.67. The number of carboxylic acid groups (broad SMARTS) is 1. The summed E-state index contributed by atoms with van der Waals surface area (Å²) in [6, 6.07) is 12.5. The third kappa shape index (κ3) is 2.79. The number of fused-ring (bicyclic) bond motifs is 1. The molecular formula is C22H16FNO4. The molecule has 0 fully saturated rings. The first-order valence-electron chi connectivity index (χ1n) is 8.62. The molecule has 4 aromatic rings. The van der Waals surface area contributed by atoms with Crippen LogP contribution in [0.3, 0.4) is 0 Å². The lowest BCUT2D eigenvalue weighted by atomic mass is 10.1. The van der Waals surface area contributed by atoms with Crippen molar-refractivity contribution < 1.29 is 23.5 Å². The predicted molar refractivity (Wildman–Crippen MR) is 102 cm³/mol. The Balaban J connectivity index is 1.72. The lowest BCUT2D eigenvalue weighted by Gasteiger charge is -2.00.